The van der Waals surface area contributed by atoms with Gasteiger partial charge in [0.1, 0.15) is 12.4 Å². The van der Waals surface area contributed by atoms with Crippen LogP contribution in [0.4, 0.5) is 0 Å². The Hall–Kier alpha value is -1.06. The van der Waals surface area contributed by atoms with Gasteiger partial charge in [-0.1, -0.05) is 24.6 Å². The van der Waals surface area contributed by atoms with E-state index in [1.807, 2.05) is 12.1 Å². The topological polar surface area (TPSA) is 52.1 Å². The molecular weight excluding hydrogens is 453 g/mol. The smallest absolute Gasteiger partial charge is 0.191 e. The van der Waals surface area contributed by atoms with Gasteiger partial charge in [-0.25, -0.2) is 0 Å². The first kappa shape index (κ1) is 24.0. The summed E-state index contributed by atoms with van der Waals surface area (Å²) in [5.41, 5.74) is 1.24. The Morgan fingerprint density at radius 2 is 1.70 bits per heavy atom. The predicted octanol–water partition coefficient (Wildman–Crippen LogP) is 2.18. The van der Waals surface area contributed by atoms with E-state index >= 15 is 0 Å². The van der Waals surface area contributed by atoms with E-state index in [4.69, 9.17) is 4.74 Å². The van der Waals surface area contributed by atoms with Gasteiger partial charge >= 0.3 is 0 Å². The second-order valence-electron chi connectivity index (χ2n) is 6.62. The van der Waals surface area contributed by atoms with Crippen LogP contribution in [0.25, 0.3) is 0 Å². The van der Waals surface area contributed by atoms with Crippen molar-refractivity contribution in [2.24, 2.45) is 4.99 Å². The zero-order valence-corrected chi connectivity index (χ0v) is 19.4. The van der Waals surface area contributed by atoms with Crippen LogP contribution in [-0.4, -0.2) is 81.3 Å². The molecule has 1 aliphatic heterocycles. The largest absolute Gasteiger partial charge is 0.492 e. The second-order valence-corrected chi connectivity index (χ2v) is 6.62. The lowest BCUT2D eigenvalue weighted by atomic mass is 10.2. The van der Waals surface area contributed by atoms with Crippen LogP contribution in [0.5, 0.6) is 5.75 Å². The molecule has 0 radical (unpaired) electrons. The first-order valence-corrected chi connectivity index (χ1v) is 9.87. The Morgan fingerprint density at radius 3 is 2.33 bits per heavy atom. The lowest BCUT2D eigenvalue weighted by molar-refractivity contribution is 0.140. The van der Waals surface area contributed by atoms with Gasteiger partial charge < -0.3 is 20.3 Å². The fourth-order valence-corrected chi connectivity index (χ4v) is 2.95. The zero-order valence-electron chi connectivity index (χ0n) is 17.0. The molecule has 1 saturated heterocycles. The number of ether oxygens (including phenoxy) is 1. The van der Waals surface area contributed by atoms with E-state index in [0.29, 0.717) is 6.61 Å². The van der Waals surface area contributed by atoms with Crippen molar-refractivity contribution >= 4 is 29.9 Å². The van der Waals surface area contributed by atoms with Gasteiger partial charge in [0.25, 0.3) is 0 Å². The van der Waals surface area contributed by atoms with E-state index < -0.39 is 0 Å². The second kappa shape index (κ2) is 14.0. The predicted molar refractivity (Wildman–Crippen MR) is 125 cm³/mol. The van der Waals surface area contributed by atoms with Crippen LogP contribution < -0.4 is 15.4 Å². The standard InChI is InChI=1S/C20H35N5O.HI/c1-4-21-20(22-10-12-25-15-13-24(5-2)14-16-25)23-11-17-26-19-8-6-18(3)7-9-19;/h6-9H,4-5,10-17H2,1-3H3,(H2,21,22,23);1H. The van der Waals surface area contributed by atoms with Crippen LogP contribution in [-0.2, 0) is 0 Å². The van der Waals surface area contributed by atoms with Crippen LogP contribution in [0.15, 0.2) is 29.3 Å². The molecule has 0 spiro atoms. The Bertz CT molecular complexity index is 530. The highest BCUT2D eigenvalue weighted by atomic mass is 127. The molecule has 6 nitrogen and oxygen atoms in total. The van der Waals surface area contributed by atoms with Crippen LogP contribution in [0.2, 0.25) is 0 Å². The average Bonchev–Trinajstić information content (AvgIpc) is 2.67. The zero-order chi connectivity index (χ0) is 18.6. The maximum atomic E-state index is 5.75. The number of benzene rings is 1. The summed E-state index contributed by atoms with van der Waals surface area (Å²) in [4.78, 5) is 9.69. The molecule has 1 heterocycles. The summed E-state index contributed by atoms with van der Waals surface area (Å²) < 4.78 is 5.75. The van der Waals surface area contributed by atoms with Crippen molar-refractivity contribution in [3.05, 3.63) is 29.8 Å². The molecule has 0 amide bonds. The van der Waals surface area contributed by atoms with Crippen molar-refractivity contribution in [3.63, 3.8) is 0 Å². The van der Waals surface area contributed by atoms with Gasteiger partial charge in [-0.05, 0) is 32.5 Å². The van der Waals surface area contributed by atoms with Crippen molar-refractivity contribution in [3.8, 4) is 5.75 Å². The number of piperazine rings is 1. The minimum absolute atomic E-state index is 0. The van der Waals surface area contributed by atoms with Crippen molar-refractivity contribution in [1.82, 2.24) is 20.4 Å². The number of aryl methyl sites for hydroxylation is 1. The molecule has 27 heavy (non-hydrogen) atoms. The highest BCUT2D eigenvalue weighted by Gasteiger charge is 2.14. The van der Waals surface area contributed by atoms with Gasteiger partial charge in [0.15, 0.2) is 5.96 Å². The van der Waals surface area contributed by atoms with Gasteiger partial charge in [0.05, 0.1) is 13.1 Å². The fraction of sp³-hybridized carbons (Fsp3) is 0.650. The third-order valence-corrected chi connectivity index (χ3v) is 4.63. The third-order valence-electron chi connectivity index (χ3n) is 4.63. The summed E-state index contributed by atoms with van der Waals surface area (Å²) in [5.74, 6) is 1.78. The number of hydrogen-bond acceptors (Lipinski definition) is 4. The number of hydrogen-bond donors (Lipinski definition) is 2. The van der Waals surface area contributed by atoms with Gasteiger partial charge in [0, 0.05) is 39.3 Å². The molecule has 1 aromatic carbocycles. The number of guanidine groups is 1. The molecule has 1 aromatic rings. The monoisotopic (exact) mass is 489 g/mol. The lowest BCUT2D eigenvalue weighted by Crippen LogP contribution is -2.47. The molecule has 0 unspecified atom stereocenters. The summed E-state index contributed by atoms with van der Waals surface area (Å²) in [6, 6.07) is 8.14. The molecule has 0 aliphatic carbocycles. The number of nitrogens with zero attached hydrogens (tertiary/aromatic N) is 3. The van der Waals surface area contributed by atoms with Crippen molar-refractivity contribution in [2.45, 2.75) is 20.8 Å². The normalized spacial score (nSPS) is 15.9. The van der Waals surface area contributed by atoms with E-state index in [1.54, 1.807) is 0 Å². The lowest BCUT2D eigenvalue weighted by Gasteiger charge is -2.33. The van der Waals surface area contributed by atoms with Crippen molar-refractivity contribution in [2.75, 3.05) is 65.5 Å². The third kappa shape index (κ3) is 9.62. The van der Waals surface area contributed by atoms with E-state index in [0.717, 1.165) is 57.5 Å². The Balaban J connectivity index is 0.00000364. The average molecular weight is 489 g/mol. The molecule has 1 aliphatic rings. The molecule has 0 bridgehead atoms. The maximum absolute atomic E-state index is 5.75. The van der Waals surface area contributed by atoms with Crippen LogP contribution in [0, 0.1) is 6.92 Å². The number of aliphatic imine (C=N–C) groups is 1. The highest BCUT2D eigenvalue weighted by molar-refractivity contribution is 14.0. The molecule has 154 valence electrons. The van der Waals surface area contributed by atoms with Crippen LogP contribution in [0.3, 0.4) is 0 Å². The minimum Gasteiger partial charge on any atom is -0.492 e. The van der Waals surface area contributed by atoms with Gasteiger partial charge in [-0.3, -0.25) is 9.89 Å². The summed E-state index contributed by atoms with van der Waals surface area (Å²) >= 11 is 0. The number of nitrogens with one attached hydrogen (secondary N) is 2. The Labute approximate surface area is 181 Å². The van der Waals surface area contributed by atoms with Gasteiger partial charge in [-0.15, -0.1) is 24.0 Å². The summed E-state index contributed by atoms with van der Waals surface area (Å²) in [6.07, 6.45) is 0. The number of likely N-dealkylation sites (N-methyl/N-ethyl adjacent to an activating group) is 1. The molecule has 2 rings (SSSR count). The first-order valence-electron chi connectivity index (χ1n) is 9.87. The van der Waals surface area contributed by atoms with Crippen molar-refractivity contribution in [1.29, 1.82) is 0 Å². The van der Waals surface area contributed by atoms with E-state index in [1.165, 1.54) is 18.7 Å². The highest BCUT2D eigenvalue weighted by Crippen LogP contribution is 2.10. The van der Waals surface area contributed by atoms with E-state index in [9.17, 15) is 0 Å². The molecule has 2 N–H and O–H groups in total. The SMILES string of the molecule is CCNC(=NCCN1CCN(CC)CC1)NCCOc1ccc(C)cc1.I. The first-order chi connectivity index (χ1) is 12.7. The van der Waals surface area contributed by atoms with Gasteiger partial charge in [-0.2, -0.15) is 0 Å². The summed E-state index contributed by atoms with van der Waals surface area (Å²) in [6.45, 7) is 16.3. The molecular formula is C20H36IN5O. The fourth-order valence-electron chi connectivity index (χ4n) is 2.95. The summed E-state index contributed by atoms with van der Waals surface area (Å²) in [7, 11) is 0. The van der Waals surface area contributed by atoms with Gasteiger partial charge in [0.2, 0.25) is 0 Å². The number of rotatable bonds is 9. The van der Waals surface area contributed by atoms with E-state index in [-0.39, 0.29) is 24.0 Å². The molecule has 1 fully saturated rings. The molecule has 0 atom stereocenters. The van der Waals surface area contributed by atoms with Crippen LogP contribution in [0.1, 0.15) is 19.4 Å². The van der Waals surface area contributed by atoms with Crippen molar-refractivity contribution < 1.29 is 4.74 Å². The quantitative estimate of drug-likeness (QED) is 0.241. The number of halogens is 1. The molecule has 0 saturated carbocycles. The summed E-state index contributed by atoms with van der Waals surface area (Å²) in [5, 5.41) is 6.64. The maximum Gasteiger partial charge on any atom is 0.191 e. The van der Waals surface area contributed by atoms with E-state index in [2.05, 4.69) is 58.3 Å². The Kier molecular flexibility index (Phi) is 12.4. The minimum atomic E-state index is 0. The molecule has 0 aromatic heterocycles. The Morgan fingerprint density at radius 1 is 1.04 bits per heavy atom. The molecule has 7 heteroatoms. The van der Waals surface area contributed by atoms with Crippen LogP contribution >= 0.6 is 24.0 Å².